The number of amides is 2. The van der Waals surface area contributed by atoms with Crippen LogP contribution in [0, 0.1) is 0 Å². The van der Waals surface area contributed by atoms with Crippen LogP contribution in [-0.4, -0.2) is 57.1 Å². The Labute approximate surface area is 140 Å². The standard InChI is InChI=1S/C16H22N4O4/c1-11(21)14(17-2)9-19-15(22)10-24-20-8-12-4-6-13(7-5-12)16(23)18-3/h4-8,14,17H,9-10H2,1-3H3,(H,18,23)(H,19,22)/b20-8-. The lowest BCUT2D eigenvalue weighted by molar-refractivity contribution is -0.126. The molecule has 0 aliphatic heterocycles. The van der Waals surface area contributed by atoms with Gasteiger partial charge in [-0.05, 0) is 31.7 Å². The molecule has 0 fully saturated rings. The van der Waals surface area contributed by atoms with Gasteiger partial charge in [-0.3, -0.25) is 14.4 Å². The van der Waals surface area contributed by atoms with E-state index in [1.54, 1.807) is 38.4 Å². The van der Waals surface area contributed by atoms with Crippen LogP contribution in [0.1, 0.15) is 22.8 Å². The number of oxime groups is 1. The van der Waals surface area contributed by atoms with E-state index in [4.69, 9.17) is 4.84 Å². The highest BCUT2D eigenvalue weighted by atomic mass is 16.6. The number of rotatable bonds is 9. The molecule has 1 rings (SSSR count). The first-order chi connectivity index (χ1) is 11.5. The summed E-state index contributed by atoms with van der Waals surface area (Å²) < 4.78 is 0. The average Bonchev–Trinajstić information content (AvgIpc) is 2.58. The minimum absolute atomic E-state index is 0.0584. The van der Waals surface area contributed by atoms with E-state index in [-0.39, 0.29) is 30.7 Å². The molecule has 0 heterocycles. The molecule has 0 bridgehead atoms. The number of likely N-dealkylation sites (N-methyl/N-ethyl adjacent to an activating group) is 1. The SMILES string of the molecule is CNC(=O)c1ccc(/C=N\OCC(=O)NCC(NC)C(C)=O)cc1. The minimum Gasteiger partial charge on any atom is -0.386 e. The van der Waals surface area contributed by atoms with Crippen LogP contribution in [0.15, 0.2) is 29.4 Å². The molecule has 3 N–H and O–H groups in total. The molecule has 24 heavy (non-hydrogen) atoms. The Morgan fingerprint density at radius 2 is 1.88 bits per heavy atom. The molecule has 1 atom stereocenters. The zero-order valence-corrected chi connectivity index (χ0v) is 14.0. The summed E-state index contributed by atoms with van der Waals surface area (Å²) in [5.74, 6) is -0.600. The molecule has 0 radical (unpaired) electrons. The number of hydrogen-bond donors (Lipinski definition) is 3. The van der Waals surface area contributed by atoms with Gasteiger partial charge in [0.05, 0.1) is 12.3 Å². The van der Waals surface area contributed by atoms with Crippen molar-refractivity contribution in [1.29, 1.82) is 0 Å². The van der Waals surface area contributed by atoms with Gasteiger partial charge in [0.25, 0.3) is 11.8 Å². The number of nitrogens with one attached hydrogen (secondary N) is 3. The summed E-state index contributed by atoms with van der Waals surface area (Å²) in [4.78, 5) is 39.0. The maximum absolute atomic E-state index is 11.6. The summed E-state index contributed by atoms with van der Waals surface area (Å²) in [6.45, 7) is 1.39. The average molecular weight is 334 g/mol. The lowest BCUT2D eigenvalue weighted by atomic mass is 10.1. The number of nitrogens with zero attached hydrogens (tertiary/aromatic N) is 1. The third-order valence-corrected chi connectivity index (χ3v) is 3.21. The first-order valence-corrected chi connectivity index (χ1v) is 7.39. The zero-order valence-electron chi connectivity index (χ0n) is 14.0. The molecule has 2 amide bonds. The van der Waals surface area contributed by atoms with E-state index in [0.717, 1.165) is 5.56 Å². The molecule has 0 aliphatic carbocycles. The van der Waals surface area contributed by atoms with E-state index >= 15 is 0 Å². The molecule has 8 nitrogen and oxygen atoms in total. The molecule has 0 aliphatic rings. The van der Waals surface area contributed by atoms with E-state index < -0.39 is 6.04 Å². The number of benzene rings is 1. The van der Waals surface area contributed by atoms with E-state index in [9.17, 15) is 14.4 Å². The molecule has 8 heteroatoms. The summed E-state index contributed by atoms with van der Waals surface area (Å²) in [6.07, 6.45) is 1.44. The van der Waals surface area contributed by atoms with Crippen LogP contribution >= 0.6 is 0 Å². The highest BCUT2D eigenvalue weighted by molar-refractivity contribution is 5.94. The van der Waals surface area contributed by atoms with Crippen LogP contribution in [0.5, 0.6) is 0 Å². The van der Waals surface area contributed by atoms with E-state index in [0.29, 0.717) is 5.56 Å². The van der Waals surface area contributed by atoms with Crippen LogP contribution < -0.4 is 16.0 Å². The second-order valence-corrected chi connectivity index (χ2v) is 4.97. The van der Waals surface area contributed by atoms with Crippen molar-refractivity contribution in [1.82, 2.24) is 16.0 Å². The van der Waals surface area contributed by atoms with Crippen LogP contribution in [0.4, 0.5) is 0 Å². The molecule has 130 valence electrons. The summed E-state index contributed by atoms with van der Waals surface area (Å²) >= 11 is 0. The predicted octanol–water partition coefficient (Wildman–Crippen LogP) is -0.310. The lowest BCUT2D eigenvalue weighted by Gasteiger charge is -2.12. The van der Waals surface area contributed by atoms with Gasteiger partial charge in [-0.2, -0.15) is 0 Å². The monoisotopic (exact) mass is 334 g/mol. The first-order valence-electron chi connectivity index (χ1n) is 7.39. The van der Waals surface area contributed by atoms with Gasteiger partial charge in [0.2, 0.25) is 0 Å². The second kappa shape index (κ2) is 10.1. The van der Waals surface area contributed by atoms with Crippen molar-refractivity contribution in [3.63, 3.8) is 0 Å². The topological polar surface area (TPSA) is 109 Å². The minimum atomic E-state index is -0.420. The fourth-order valence-corrected chi connectivity index (χ4v) is 1.77. The zero-order chi connectivity index (χ0) is 17.9. The molecule has 1 aromatic rings. The van der Waals surface area contributed by atoms with Crippen LogP contribution in [-0.2, 0) is 14.4 Å². The summed E-state index contributed by atoms with van der Waals surface area (Å²) in [7, 11) is 3.21. The summed E-state index contributed by atoms with van der Waals surface area (Å²) in [6, 6.07) is 6.32. The first kappa shape index (κ1) is 19.3. The van der Waals surface area contributed by atoms with E-state index in [2.05, 4.69) is 21.1 Å². The van der Waals surface area contributed by atoms with Gasteiger partial charge in [0.1, 0.15) is 5.78 Å². The molecule has 1 aromatic carbocycles. The van der Waals surface area contributed by atoms with Gasteiger partial charge in [-0.25, -0.2) is 0 Å². The fraction of sp³-hybridized carbons (Fsp3) is 0.375. The van der Waals surface area contributed by atoms with Crippen molar-refractivity contribution in [3.05, 3.63) is 35.4 Å². The Kier molecular flexibility index (Phi) is 8.14. The number of ketones is 1. The highest BCUT2D eigenvalue weighted by Crippen LogP contribution is 2.02. The maximum atomic E-state index is 11.6. The van der Waals surface area contributed by atoms with Gasteiger partial charge >= 0.3 is 0 Å². The van der Waals surface area contributed by atoms with Crippen molar-refractivity contribution in [3.8, 4) is 0 Å². The summed E-state index contributed by atoms with van der Waals surface area (Å²) in [5.41, 5.74) is 1.27. The molecule has 0 aromatic heterocycles. The Morgan fingerprint density at radius 3 is 2.42 bits per heavy atom. The Balaban J connectivity index is 2.36. The Bertz CT molecular complexity index is 599. The van der Waals surface area contributed by atoms with Gasteiger partial charge in [-0.15, -0.1) is 0 Å². The highest BCUT2D eigenvalue weighted by Gasteiger charge is 2.12. The largest absolute Gasteiger partial charge is 0.386 e. The number of hydrogen-bond acceptors (Lipinski definition) is 6. The summed E-state index contributed by atoms with van der Waals surface area (Å²) in [5, 5.41) is 11.6. The van der Waals surface area contributed by atoms with Gasteiger partial charge in [0, 0.05) is 19.2 Å². The van der Waals surface area contributed by atoms with Crippen molar-refractivity contribution < 1.29 is 19.2 Å². The van der Waals surface area contributed by atoms with Crippen LogP contribution in [0.2, 0.25) is 0 Å². The molecular formula is C16H22N4O4. The smallest absolute Gasteiger partial charge is 0.260 e. The molecule has 1 unspecified atom stereocenters. The molecule has 0 saturated carbocycles. The van der Waals surface area contributed by atoms with Crippen LogP contribution in [0.25, 0.3) is 0 Å². The third kappa shape index (κ3) is 6.57. The van der Waals surface area contributed by atoms with E-state index in [1.165, 1.54) is 13.1 Å². The van der Waals surface area contributed by atoms with Crippen LogP contribution in [0.3, 0.4) is 0 Å². The molecule has 0 spiro atoms. The second-order valence-electron chi connectivity index (χ2n) is 4.97. The van der Waals surface area contributed by atoms with E-state index in [1.807, 2.05) is 0 Å². The quantitative estimate of drug-likeness (QED) is 0.424. The predicted molar refractivity (Wildman–Crippen MR) is 89.9 cm³/mol. The fourth-order valence-electron chi connectivity index (χ4n) is 1.77. The Morgan fingerprint density at radius 1 is 1.21 bits per heavy atom. The Hall–Kier alpha value is -2.74. The number of carbonyl (C=O) groups is 3. The van der Waals surface area contributed by atoms with Crippen molar-refractivity contribution in [2.75, 3.05) is 27.2 Å². The molecule has 0 saturated heterocycles. The van der Waals surface area contributed by atoms with Gasteiger partial charge in [-0.1, -0.05) is 17.3 Å². The van der Waals surface area contributed by atoms with Crippen molar-refractivity contribution in [2.45, 2.75) is 13.0 Å². The maximum Gasteiger partial charge on any atom is 0.260 e. The third-order valence-electron chi connectivity index (χ3n) is 3.21. The van der Waals surface area contributed by atoms with Crippen molar-refractivity contribution >= 4 is 23.8 Å². The number of carbonyl (C=O) groups excluding carboxylic acids is 3. The number of Topliss-reactive ketones (excluding diaryl/α,β-unsaturated/α-hetero) is 1. The van der Waals surface area contributed by atoms with Gasteiger partial charge in [0.15, 0.2) is 6.61 Å². The lowest BCUT2D eigenvalue weighted by Crippen LogP contribution is -2.44. The van der Waals surface area contributed by atoms with Crippen molar-refractivity contribution in [2.24, 2.45) is 5.16 Å². The van der Waals surface area contributed by atoms with Gasteiger partial charge < -0.3 is 20.8 Å². The molecular weight excluding hydrogens is 312 g/mol. The normalized spacial score (nSPS) is 11.8.